The van der Waals surface area contributed by atoms with Gasteiger partial charge in [0, 0.05) is 36.5 Å². The number of amides is 1. The van der Waals surface area contributed by atoms with Gasteiger partial charge >= 0.3 is 0 Å². The molecule has 2 rings (SSSR count). The van der Waals surface area contributed by atoms with Crippen LogP contribution in [0.3, 0.4) is 0 Å². The van der Waals surface area contributed by atoms with Crippen molar-refractivity contribution in [3.8, 4) is 0 Å². The van der Waals surface area contributed by atoms with Gasteiger partial charge in [-0.05, 0) is 25.5 Å². The molecular formula is C13H16N2O. The third-order valence-corrected chi connectivity index (χ3v) is 3.21. The molecule has 1 aliphatic rings. The number of nitrogens with zero attached hydrogens (tertiary/aromatic N) is 2. The van der Waals surface area contributed by atoms with E-state index in [9.17, 15) is 4.79 Å². The molecule has 84 valence electrons. The number of rotatable bonds is 2. The Morgan fingerprint density at radius 2 is 2.31 bits per heavy atom. The molecule has 3 nitrogen and oxygen atoms in total. The predicted molar refractivity (Wildman–Crippen MR) is 64.4 cm³/mol. The summed E-state index contributed by atoms with van der Waals surface area (Å²) < 4.78 is 0. The summed E-state index contributed by atoms with van der Waals surface area (Å²) in [5.74, 6) is 0.457. The molecule has 0 aliphatic carbocycles. The lowest BCUT2D eigenvalue weighted by Crippen LogP contribution is -2.25. The highest BCUT2D eigenvalue weighted by Crippen LogP contribution is 2.28. The second kappa shape index (κ2) is 4.08. The van der Waals surface area contributed by atoms with Gasteiger partial charge in [0.2, 0.25) is 5.91 Å². The smallest absolute Gasteiger partial charge is 0.227 e. The monoisotopic (exact) mass is 216 g/mol. The van der Waals surface area contributed by atoms with Crippen molar-refractivity contribution in [1.29, 1.82) is 0 Å². The number of pyridine rings is 1. The highest BCUT2D eigenvalue weighted by atomic mass is 16.2. The van der Waals surface area contributed by atoms with E-state index in [-0.39, 0.29) is 11.8 Å². The van der Waals surface area contributed by atoms with Crippen molar-refractivity contribution in [2.75, 3.05) is 11.4 Å². The molecule has 0 radical (unpaired) electrons. The average Bonchev–Trinajstić information content (AvgIpc) is 2.64. The standard InChI is InChI=1S/C13H16N2O/c1-4-11-7-13(16)15(8-11)12-5-6-14-10(3)9(12)2/h4-6,11H,1,7-8H2,2-3H3. The number of aromatic nitrogens is 1. The zero-order valence-corrected chi connectivity index (χ0v) is 9.73. The molecule has 0 bridgehead atoms. The molecule has 1 aromatic rings. The molecule has 1 fully saturated rings. The fourth-order valence-electron chi connectivity index (χ4n) is 2.05. The molecule has 1 saturated heterocycles. The van der Waals surface area contributed by atoms with Crippen molar-refractivity contribution in [3.05, 3.63) is 36.2 Å². The largest absolute Gasteiger partial charge is 0.311 e. The van der Waals surface area contributed by atoms with Crippen LogP contribution in [-0.4, -0.2) is 17.4 Å². The quantitative estimate of drug-likeness (QED) is 0.710. The molecule has 0 spiro atoms. The summed E-state index contributed by atoms with van der Waals surface area (Å²) >= 11 is 0. The summed E-state index contributed by atoms with van der Waals surface area (Å²) in [7, 11) is 0. The first-order valence-corrected chi connectivity index (χ1v) is 5.48. The Hall–Kier alpha value is -1.64. The van der Waals surface area contributed by atoms with Crippen molar-refractivity contribution >= 4 is 11.6 Å². The Bertz CT molecular complexity index is 440. The van der Waals surface area contributed by atoms with Gasteiger partial charge in [-0.2, -0.15) is 0 Å². The molecule has 16 heavy (non-hydrogen) atoms. The fourth-order valence-corrected chi connectivity index (χ4v) is 2.05. The maximum atomic E-state index is 11.9. The molecule has 3 heteroatoms. The summed E-state index contributed by atoms with van der Waals surface area (Å²) in [6.07, 6.45) is 4.19. The highest BCUT2D eigenvalue weighted by Gasteiger charge is 2.29. The van der Waals surface area contributed by atoms with Crippen LogP contribution >= 0.6 is 0 Å². The molecule has 1 atom stereocenters. The van der Waals surface area contributed by atoms with Crippen LogP contribution in [0, 0.1) is 19.8 Å². The van der Waals surface area contributed by atoms with Crippen molar-refractivity contribution in [2.24, 2.45) is 5.92 Å². The Morgan fingerprint density at radius 1 is 1.56 bits per heavy atom. The van der Waals surface area contributed by atoms with Crippen LogP contribution in [0.4, 0.5) is 5.69 Å². The summed E-state index contributed by atoms with van der Waals surface area (Å²) in [6.45, 7) is 8.47. The van der Waals surface area contributed by atoms with Gasteiger partial charge in [0.25, 0.3) is 0 Å². The topological polar surface area (TPSA) is 33.2 Å². The Labute approximate surface area is 95.8 Å². The lowest BCUT2D eigenvalue weighted by atomic mass is 10.1. The van der Waals surface area contributed by atoms with Gasteiger partial charge in [-0.15, -0.1) is 6.58 Å². The van der Waals surface area contributed by atoms with Crippen molar-refractivity contribution < 1.29 is 4.79 Å². The Kier molecular flexibility index (Phi) is 2.77. The van der Waals surface area contributed by atoms with Crippen LogP contribution in [0.15, 0.2) is 24.9 Å². The molecule has 0 N–H and O–H groups in total. The molecule has 1 aromatic heterocycles. The number of anilines is 1. The maximum absolute atomic E-state index is 11.9. The van der Waals surface area contributed by atoms with Gasteiger partial charge in [-0.25, -0.2) is 0 Å². The zero-order chi connectivity index (χ0) is 11.7. The lowest BCUT2D eigenvalue weighted by molar-refractivity contribution is -0.117. The zero-order valence-electron chi connectivity index (χ0n) is 9.73. The van der Waals surface area contributed by atoms with E-state index in [1.54, 1.807) is 6.20 Å². The highest BCUT2D eigenvalue weighted by molar-refractivity contribution is 5.96. The van der Waals surface area contributed by atoms with E-state index in [2.05, 4.69) is 11.6 Å². The minimum absolute atomic E-state index is 0.179. The summed E-state index contributed by atoms with van der Waals surface area (Å²) in [4.78, 5) is 17.9. The molecule has 0 saturated carbocycles. The van der Waals surface area contributed by atoms with E-state index >= 15 is 0 Å². The third kappa shape index (κ3) is 1.73. The van der Waals surface area contributed by atoms with Gasteiger partial charge in [0.1, 0.15) is 0 Å². The minimum atomic E-state index is 0.179. The summed E-state index contributed by atoms with van der Waals surface area (Å²) in [6, 6.07) is 1.91. The van der Waals surface area contributed by atoms with Crippen LogP contribution in [0.5, 0.6) is 0 Å². The van der Waals surface area contributed by atoms with Crippen molar-refractivity contribution in [1.82, 2.24) is 4.98 Å². The predicted octanol–water partition coefficient (Wildman–Crippen LogP) is 2.24. The first-order chi connectivity index (χ1) is 7.63. The molecule has 1 aliphatic heterocycles. The van der Waals surface area contributed by atoms with Gasteiger partial charge < -0.3 is 4.90 Å². The molecule has 1 unspecified atom stereocenters. The summed E-state index contributed by atoms with van der Waals surface area (Å²) in [5, 5.41) is 0. The van der Waals surface area contributed by atoms with E-state index in [4.69, 9.17) is 0 Å². The van der Waals surface area contributed by atoms with Crippen LogP contribution in [-0.2, 0) is 4.79 Å². The van der Waals surface area contributed by atoms with Gasteiger partial charge in [-0.1, -0.05) is 6.08 Å². The number of hydrogen-bond acceptors (Lipinski definition) is 2. The van der Waals surface area contributed by atoms with E-state index in [1.165, 1.54) is 0 Å². The number of carbonyl (C=O) groups excluding carboxylic acids is 1. The average molecular weight is 216 g/mol. The molecule has 2 heterocycles. The maximum Gasteiger partial charge on any atom is 0.227 e. The van der Waals surface area contributed by atoms with Crippen LogP contribution in [0.25, 0.3) is 0 Å². The van der Waals surface area contributed by atoms with E-state index in [1.807, 2.05) is 30.9 Å². The third-order valence-electron chi connectivity index (χ3n) is 3.21. The van der Waals surface area contributed by atoms with Crippen molar-refractivity contribution in [3.63, 3.8) is 0 Å². The second-order valence-corrected chi connectivity index (χ2v) is 4.24. The van der Waals surface area contributed by atoms with Gasteiger partial charge in [0.05, 0.1) is 0 Å². The molecule has 1 amide bonds. The van der Waals surface area contributed by atoms with Crippen LogP contribution < -0.4 is 4.90 Å². The van der Waals surface area contributed by atoms with Gasteiger partial charge in [-0.3, -0.25) is 9.78 Å². The molecular weight excluding hydrogens is 200 g/mol. The van der Waals surface area contributed by atoms with Crippen LogP contribution in [0.1, 0.15) is 17.7 Å². The van der Waals surface area contributed by atoms with E-state index < -0.39 is 0 Å². The Morgan fingerprint density at radius 3 is 2.94 bits per heavy atom. The van der Waals surface area contributed by atoms with Gasteiger partial charge in [0.15, 0.2) is 0 Å². The lowest BCUT2D eigenvalue weighted by Gasteiger charge is -2.19. The SMILES string of the molecule is C=CC1CC(=O)N(c2ccnc(C)c2C)C1. The first-order valence-electron chi connectivity index (χ1n) is 5.48. The second-order valence-electron chi connectivity index (χ2n) is 4.24. The number of hydrogen-bond donors (Lipinski definition) is 0. The number of carbonyl (C=O) groups is 1. The van der Waals surface area contributed by atoms with Crippen LogP contribution in [0.2, 0.25) is 0 Å². The Balaban J connectivity index is 2.35. The normalized spacial score (nSPS) is 20.2. The molecule has 0 aromatic carbocycles. The first kappa shape index (κ1) is 10.9. The minimum Gasteiger partial charge on any atom is -0.311 e. The number of aryl methyl sites for hydroxylation is 1. The summed E-state index contributed by atoms with van der Waals surface area (Å²) in [5.41, 5.74) is 3.05. The van der Waals surface area contributed by atoms with Crippen molar-refractivity contribution in [2.45, 2.75) is 20.3 Å². The van der Waals surface area contributed by atoms with E-state index in [0.29, 0.717) is 6.42 Å². The van der Waals surface area contributed by atoms with E-state index in [0.717, 1.165) is 23.5 Å². The fraction of sp³-hybridized carbons (Fsp3) is 0.385.